The fourth-order valence-corrected chi connectivity index (χ4v) is 0.886. The highest BCUT2D eigenvalue weighted by Gasteiger charge is 2.10. The number of aromatic nitrogens is 1. The van der Waals surface area contributed by atoms with Gasteiger partial charge in [-0.2, -0.15) is 0 Å². The van der Waals surface area contributed by atoms with Gasteiger partial charge in [0.2, 0.25) is 0 Å². The van der Waals surface area contributed by atoms with Crippen LogP contribution >= 0.6 is 0 Å². The van der Waals surface area contributed by atoms with Crippen LogP contribution in [0.15, 0.2) is 18.3 Å². The van der Waals surface area contributed by atoms with Gasteiger partial charge in [0.25, 0.3) is 5.69 Å². The van der Waals surface area contributed by atoms with Gasteiger partial charge >= 0.3 is 0 Å². The molecular weight excluding hydrogens is 186 g/mol. The fourth-order valence-electron chi connectivity index (χ4n) is 0.886. The zero-order valence-corrected chi connectivity index (χ0v) is 7.91. The quantitative estimate of drug-likeness (QED) is 0.439. The van der Waals surface area contributed by atoms with Crippen LogP contribution in [-0.4, -0.2) is 28.3 Å². The maximum absolute atomic E-state index is 10.3. The van der Waals surface area contributed by atoms with Crippen molar-refractivity contribution < 1.29 is 10.0 Å². The Hall–Kier alpha value is -1.69. The Kier molecular flexibility index (Phi) is 2.98. The minimum atomic E-state index is -0.677. The molecule has 1 rings (SSSR count). The van der Waals surface area contributed by atoms with Gasteiger partial charge in [0.15, 0.2) is 0 Å². The number of hydrogen-bond acceptors (Lipinski definition) is 5. The van der Waals surface area contributed by atoms with E-state index >= 15 is 0 Å². The van der Waals surface area contributed by atoms with E-state index in [1.54, 1.807) is 14.0 Å². The number of aliphatic hydroxyl groups excluding tert-OH is 1. The number of nitrogens with zero attached hydrogens (tertiary/aromatic N) is 3. The molecule has 0 saturated carbocycles. The van der Waals surface area contributed by atoms with Crippen molar-refractivity contribution >= 4 is 11.5 Å². The molecule has 0 aliphatic heterocycles. The summed E-state index contributed by atoms with van der Waals surface area (Å²) in [7, 11) is 1.65. The van der Waals surface area contributed by atoms with Gasteiger partial charge in [-0.3, -0.25) is 10.1 Å². The van der Waals surface area contributed by atoms with Gasteiger partial charge in [-0.05, 0) is 13.0 Å². The zero-order chi connectivity index (χ0) is 10.7. The molecule has 0 aromatic carbocycles. The van der Waals surface area contributed by atoms with Crippen LogP contribution in [0.2, 0.25) is 0 Å². The second-order valence-corrected chi connectivity index (χ2v) is 2.87. The Morgan fingerprint density at radius 3 is 2.64 bits per heavy atom. The van der Waals surface area contributed by atoms with Crippen molar-refractivity contribution in [2.75, 3.05) is 11.9 Å². The van der Waals surface area contributed by atoms with E-state index in [4.69, 9.17) is 0 Å². The number of nitro groups is 1. The predicted octanol–water partition coefficient (Wildman–Crippen LogP) is 0.764. The normalized spacial score (nSPS) is 12.2. The standard InChI is InChI=1S/C8H11N3O3/c1-6(12)10(2)8-4-3-7(5-9-8)11(13)14/h3-6,12H,1-2H3. The van der Waals surface area contributed by atoms with Crippen LogP contribution in [0.4, 0.5) is 11.5 Å². The minimum absolute atomic E-state index is 0.0623. The van der Waals surface area contributed by atoms with Gasteiger partial charge < -0.3 is 10.0 Å². The average Bonchev–Trinajstić information content (AvgIpc) is 2.16. The first-order valence-electron chi connectivity index (χ1n) is 4.03. The lowest BCUT2D eigenvalue weighted by atomic mass is 10.4. The van der Waals surface area contributed by atoms with Crippen molar-refractivity contribution in [1.29, 1.82) is 0 Å². The van der Waals surface area contributed by atoms with E-state index in [0.29, 0.717) is 5.82 Å². The molecule has 1 atom stereocenters. The van der Waals surface area contributed by atoms with Gasteiger partial charge in [-0.1, -0.05) is 0 Å². The maximum atomic E-state index is 10.3. The Morgan fingerprint density at radius 1 is 1.64 bits per heavy atom. The van der Waals surface area contributed by atoms with Gasteiger partial charge in [-0.25, -0.2) is 4.98 Å². The SMILES string of the molecule is CC(O)N(C)c1ccc([N+](=O)[O-])cn1. The van der Waals surface area contributed by atoms with E-state index in [1.807, 2.05) is 0 Å². The Labute approximate surface area is 81.0 Å². The Balaban J connectivity index is 2.88. The summed E-state index contributed by atoms with van der Waals surface area (Å²) in [6.45, 7) is 1.59. The third-order valence-corrected chi connectivity index (χ3v) is 1.86. The summed E-state index contributed by atoms with van der Waals surface area (Å²) in [6.07, 6.45) is 0.484. The zero-order valence-electron chi connectivity index (χ0n) is 7.91. The first-order valence-corrected chi connectivity index (χ1v) is 4.03. The number of anilines is 1. The summed E-state index contributed by atoms with van der Waals surface area (Å²) < 4.78 is 0. The lowest BCUT2D eigenvalue weighted by Crippen LogP contribution is -2.28. The second-order valence-electron chi connectivity index (χ2n) is 2.87. The molecule has 14 heavy (non-hydrogen) atoms. The number of pyridine rings is 1. The molecule has 0 amide bonds. The van der Waals surface area contributed by atoms with Crippen molar-refractivity contribution in [3.63, 3.8) is 0 Å². The fraction of sp³-hybridized carbons (Fsp3) is 0.375. The largest absolute Gasteiger partial charge is 0.374 e. The van der Waals surface area contributed by atoms with E-state index in [1.165, 1.54) is 17.0 Å². The van der Waals surface area contributed by atoms with Gasteiger partial charge in [-0.15, -0.1) is 0 Å². The molecule has 6 nitrogen and oxygen atoms in total. The first kappa shape index (κ1) is 10.4. The van der Waals surface area contributed by atoms with Crippen LogP contribution in [0.1, 0.15) is 6.92 Å². The highest BCUT2D eigenvalue weighted by molar-refractivity contribution is 5.42. The summed E-state index contributed by atoms with van der Waals surface area (Å²) in [4.78, 5) is 15.2. The summed E-state index contributed by atoms with van der Waals surface area (Å²) >= 11 is 0. The lowest BCUT2D eigenvalue weighted by Gasteiger charge is -2.20. The minimum Gasteiger partial charge on any atom is -0.374 e. The molecule has 0 spiro atoms. The van der Waals surface area contributed by atoms with Crippen LogP contribution in [0.3, 0.4) is 0 Å². The maximum Gasteiger partial charge on any atom is 0.287 e. The highest BCUT2D eigenvalue weighted by atomic mass is 16.6. The molecule has 0 aliphatic rings. The average molecular weight is 197 g/mol. The van der Waals surface area contributed by atoms with E-state index in [0.717, 1.165) is 6.20 Å². The molecule has 0 radical (unpaired) electrons. The third-order valence-electron chi connectivity index (χ3n) is 1.86. The number of rotatable bonds is 3. The van der Waals surface area contributed by atoms with Crippen LogP contribution in [0.25, 0.3) is 0 Å². The second kappa shape index (κ2) is 4.01. The molecule has 6 heteroatoms. The smallest absolute Gasteiger partial charge is 0.287 e. The van der Waals surface area contributed by atoms with Gasteiger partial charge in [0, 0.05) is 13.1 Å². The summed E-state index contributed by atoms with van der Waals surface area (Å²) in [5, 5.41) is 19.5. The topological polar surface area (TPSA) is 79.5 Å². The molecular formula is C8H11N3O3. The van der Waals surface area contributed by atoms with E-state index in [9.17, 15) is 15.2 Å². The molecule has 0 aliphatic carbocycles. The molecule has 0 bridgehead atoms. The van der Waals surface area contributed by atoms with Crippen LogP contribution < -0.4 is 4.90 Å². The third kappa shape index (κ3) is 2.17. The molecule has 1 N–H and O–H groups in total. The van der Waals surface area contributed by atoms with Crippen LogP contribution in [0, 0.1) is 10.1 Å². The van der Waals surface area contributed by atoms with Crippen molar-refractivity contribution in [2.24, 2.45) is 0 Å². The monoisotopic (exact) mass is 197 g/mol. The summed E-state index contributed by atoms with van der Waals surface area (Å²) in [6, 6.07) is 2.84. The summed E-state index contributed by atoms with van der Waals surface area (Å²) in [5.41, 5.74) is -0.0623. The van der Waals surface area contributed by atoms with E-state index < -0.39 is 11.2 Å². The van der Waals surface area contributed by atoms with Crippen molar-refractivity contribution in [1.82, 2.24) is 4.98 Å². The molecule has 1 heterocycles. The Bertz CT molecular complexity index is 323. The predicted molar refractivity (Wildman–Crippen MR) is 51.0 cm³/mol. The van der Waals surface area contributed by atoms with Crippen molar-refractivity contribution in [3.05, 3.63) is 28.4 Å². The number of hydrogen-bond donors (Lipinski definition) is 1. The molecule has 1 unspecified atom stereocenters. The van der Waals surface area contributed by atoms with Crippen LogP contribution in [0.5, 0.6) is 0 Å². The molecule has 1 aromatic heterocycles. The Morgan fingerprint density at radius 2 is 2.29 bits per heavy atom. The molecule has 0 saturated heterocycles. The van der Waals surface area contributed by atoms with Gasteiger partial charge in [0.05, 0.1) is 4.92 Å². The van der Waals surface area contributed by atoms with E-state index in [2.05, 4.69) is 4.98 Å². The lowest BCUT2D eigenvalue weighted by molar-refractivity contribution is -0.385. The molecule has 1 aromatic rings. The van der Waals surface area contributed by atoms with Crippen LogP contribution in [-0.2, 0) is 0 Å². The van der Waals surface area contributed by atoms with E-state index in [-0.39, 0.29) is 5.69 Å². The number of aliphatic hydroxyl groups is 1. The highest BCUT2D eigenvalue weighted by Crippen LogP contribution is 2.15. The van der Waals surface area contributed by atoms with Gasteiger partial charge in [0.1, 0.15) is 18.2 Å². The first-order chi connectivity index (χ1) is 6.52. The van der Waals surface area contributed by atoms with Crippen molar-refractivity contribution in [2.45, 2.75) is 13.2 Å². The molecule has 76 valence electrons. The molecule has 0 fully saturated rings. The van der Waals surface area contributed by atoms with Crippen molar-refractivity contribution in [3.8, 4) is 0 Å². The summed E-state index contributed by atoms with van der Waals surface area (Å²) in [5.74, 6) is 0.491.